The molecule has 106 valence electrons. The lowest BCUT2D eigenvalue weighted by atomic mass is 9.88. The lowest BCUT2D eigenvalue weighted by molar-refractivity contribution is -0.127. The van der Waals surface area contributed by atoms with E-state index in [4.69, 9.17) is 11.6 Å². The maximum Gasteiger partial charge on any atom is 0.223 e. The molecule has 0 radical (unpaired) electrons. The predicted molar refractivity (Wildman–Crippen MR) is 78.0 cm³/mol. The predicted octanol–water partition coefficient (Wildman–Crippen LogP) is 4.26. The molecule has 0 bridgehead atoms. The fourth-order valence-electron chi connectivity index (χ4n) is 2.65. The van der Waals surface area contributed by atoms with Crippen LogP contribution in [-0.2, 0) is 4.79 Å². The Hall–Kier alpha value is -0.240. The molecule has 1 fully saturated rings. The maximum absolute atomic E-state index is 12.4. The third-order valence-electron chi connectivity index (χ3n) is 4.33. The molecule has 2 nitrogen and oxygen atoms in total. The van der Waals surface area contributed by atoms with Gasteiger partial charge in [-0.2, -0.15) is 0 Å². The van der Waals surface area contributed by atoms with Crippen molar-refractivity contribution < 1.29 is 4.79 Å². The van der Waals surface area contributed by atoms with Gasteiger partial charge in [-0.05, 0) is 32.6 Å². The summed E-state index contributed by atoms with van der Waals surface area (Å²) in [6.45, 7) is 4.22. The van der Waals surface area contributed by atoms with Crippen LogP contribution in [0.25, 0.3) is 0 Å². The lowest BCUT2D eigenvalue weighted by Gasteiger charge is -2.31. The molecule has 1 unspecified atom stereocenters. The van der Waals surface area contributed by atoms with Gasteiger partial charge in [-0.1, -0.05) is 39.0 Å². The maximum atomic E-state index is 12.4. The summed E-state index contributed by atoms with van der Waals surface area (Å²) >= 11 is 5.83. The quantitative estimate of drug-likeness (QED) is 0.745. The molecule has 1 amide bonds. The lowest BCUT2D eigenvalue weighted by Crippen LogP contribution is -2.48. The van der Waals surface area contributed by atoms with Gasteiger partial charge in [0.25, 0.3) is 0 Å². The van der Waals surface area contributed by atoms with Crippen LogP contribution in [0.5, 0.6) is 0 Å². The first-order chi connectivity index (χ1) is 8.61. The fraction of sp³-hybridized carbons (Fsp3) is 0.933. The van der Waals surface area contributed by atoms with Gasteiger partial charge in [0.05, 0.1) is 0 Å². The molecule has 0 aromatic rings. The second kappa shape index (κ2) is 8.04. The summed E-state index contributed by atoms with van der Waals surface area (Å²) in [5.74, 6) is 1.09. The van der Waals surface area contributed by atoms with Crippen LogP contribution >= 0.6 is 11.6 Å². The molecule has 0 heterocycles. The Bertz CT molecular complexity index is 249. The van der Waals surface area contributed by atoms with Gasteiger partial charge in [-0.25, -0.2) is 0 Å². The second-order valence-electron chi connectivity index (χ2n) is 5.88. The van der Waals surface area contributed by atoms with Crippen LogP contribution in [0.15, 0.2) is 0 Å². The zero-order valence-corrected chi connectivity index (χ0v) is 12.7. The molecule has 1 aliphatic carbocycles. The number of carbonyl (C=O) groups is 1. The van der Waals surface area contributed by atoms with E-state index in [9.17, 15) is 4.79 Å². The van der Waals surface area contributed by atoms with E-state index < -0.39 is 0 Å². The van der Waals surface area contributed by atoms with E-state index >= 15 is 0 Å². The molecule has 3 heteroatoms. The standard InChI is InChI=1S/C15H28ClNO/c1-3-15(2,11-12-16)17-14(18)13-9-7-5-4-6-8-10-13/h13H,3-12H2,1-2H3,(H,17,18). The van der Waals surface area contributed by atoms with Crippen molar-refractivity contribution in [3.8, 4) is 0 Å². The molecule has 0 spiro atoms. The molecule has 0 aromatic heterocycles. The Morgan fingerprint density at radius 2 is 1.78 bits per heavy atom. The molecule has 18 heavy (non-hydrogen) atoms. The van der Waals surface area contributed by atoms with E-state index in [-0.39, 0.29) is 17.4 Å². The van der Waals surface area contributed by atoms with Gasteiger partial charge in [-0.3, -0.25) is 4.79 Å². The Balaban J connectivity index is 2.50. The van der Waals surface area contributed by atoms with Crippen LogP contribution < -0.4 is 5.32 Å². The zero-order valence-electron chi connectivity index (χ0n) is 11.9. The van der Waals surface area contributed by atoms with Crippen molar-refractivity contribution in [3.63, 3.8) is 0 Å². The molecule has 1 rings (SSSR count). The summed E-state index contributed by atoms with van der Waals surface area (Å²) in [7, 11) is 0. The van der Waals surface area contributed by atoms with Gasteiger partial charge in [0.2, 0.25) is 5.91 Å². The van der Waals surface area contributed by atoms with Gasteiger partial charge in [0.1, 0.15) is 0 Å². The van der Waals surface area contributed by atoms with Gasteiger partial charge < -0.3 is 5.32 Å². The number of hydrogen-bond donors (Lipinski definition) is 1. The van der Waals surface area contributed by atoms with Gasteiger partial charge in [0, 0.05) is 17.3 Å². The summed E-state index contributed by atoms with van der Waals surface area (Å²) in [6.07, 6.45) is 10.2. The minimum atomic E-state index is -0.124. The Labute approximate surface area is 117 Å². The van der Waals surface area contributed by atoms with Crippen molar-refractivity contribution in [3.05, 3.63) is 0 Å². The largest absolute Gasteiger partial charge is 0.351 e. The minimum Gasteiger partial charge on any atom is -0.351 e. The van der Waals surface area contributed by atoms with Crippen molar-refractivity contribution in [2.75, 3.05) is 5.88 Å². The molecular formula is C15H28ClNO. The molecule has 1 saturated carbocycles. The summed E-state index contributed by atoms with van der Waals surface area (Å²) in [4.78, 5) is 12.4. The van der Waals surface area contributed by atoms with Gasteiger partial charge in [-0.15, -0.1) is 11.6 Å². The van der Waals surface area contributed by atoms with Crippen LogP contribution in [0.4, 0.5) is 0 Å². The van der Waals surface area contributed by atoms with E-state index in [0.29, 0.717) is 5.88 Å². The molecule has 0 aliphatic heterocycles. The highest BCUT2D eigenvalue weighted by atomic mass is 35.5. The second-order valence-corrected chi connectivity index (χ2v) is 6.26. The average Bonchev–Trinajstić information content (AvgIpc) is 2.28. The topological polar surface area (TPSA) is 29.1 Å². The third kappa shape index (κ3) is 5.17. The van der Waals surface area contributed by atoms with Crippen LogP contribution in [-0.4, -0.2) is 17.3 Å². The van der Waals surface area contributed by atoms with E-state index in [0.717, 1.165) is 25.7 Å². The van der Waals surface area contributed by atoms with Crippen LogP contribution in [0.2, 0.25) is 0 Å². The highest BCUT2D eigenvalue weighted by Crippen LogP contribution is 2.24. The van der Waals surface area contributed by atoms with Crippen molar-refractivity contribution in [2.24, 2.45) is 5.92 Å². The van der Waals surface area contributed by atoms with Crippen molar-refractivity contribution in [1.82, 2.24) is 5.32 Å². The molecule has 1 aliphatic rings. The zero-order chi connectivity index (χ0) is 13.4. The smallest absolute Gasteiger partial charge is 0.223 e. The first-order valence-corrected chi connectivity index (χ1v) is 8.03. The summed E-state index contributed by atoms with van der Waals surface area (Å²) in [5.41, 5.74) is -0.124. The highest BCUT2D eigenvalue weighted by molar-refractivity contribution is 6.17. The SMILES string of the molecule is CCC(C)(CCCl)NC(=O)C1CCCCCCC1. The molecule has 0 saturated heterocycles. The number of amides is 1. The van der Waals surface area contributed by atoms with E-state index in [1.165, 1.54) is 32.1 Å². The van der Waals surface area contributed by atoms with Crippen molar-refractivity contribution >= 4 is 17.5 Å². The number of alkyl halides is 1. The average molecular weight is 274 g/mol. The Morgan fingerprint density at radius 1 is 1.22 bits per heavy atom. The first kappa shape index (κ1) is 15.8. The molecule has 1 N–H and O–H groups in total. The highest BCUT2D eigenvalue weighted by Gasteiger charge is 2.27. The van der Waals surface area contributed by atoms with E-state index in [1.807, 2.05) is 0 Å². The fourth-order valence-corrected chi connectivity index (χ4v) is 3.07. The van der Waals surface area contributed by atoms with Gasteiger partial charge in [0.15, 0.2) is 0 Å². The molecule has 1 atom stereocenters. The molecular weight excluding hydrogens is 246 g/mol. The van der Waals surface area contributed by atoms with Gasteiger partial charge >= 0.3 is 0 Å². The number of hydrogen-bond acceptors (Lipinski definition) is 1. The summed E-state index contributed by atoms with van der Waals surface area (Å²) in [6, 6.07) is 0. The van der Waals surface area contributed by atoms with Crippen LogP contribution in [0.3, 0.4) is 0 Å². The normalized spacial score (nSPS) is 21.7. The number of halogens is 1. The molecule has 0 aromatic carbocycles. The summed E-state index contributed by atoms with van der Waals surface area (Å²) < 4.78 is 0. The monoisotopic (exact) mass is 273 g/mol. The number of carbonyl (C=O) groups excluding carboxylic acids is 1. The Morgan fingerprint density at radius 3 is 2.28 bits per heavy atom. The van der Waals surface area contributed by atoms with Crippen LogP contribution in [0.1, 0.15) is 71.6 Å². The van der Waals surface area contributed by atoms with E-state index in [2.05, 4.69) is 19.2 Å². The minimum absolute atomic E-state index is 0.124. The Kier molecular flexibility index (Phi) is 7.06. The number of nitrogens with one attached hydrogen (secondary N) is 1. The first-order valence-electron chi connectivity index (χ1n) is 7.49. The van der Waals surface area contributed by atoms with Crippen LogP contribution in [0, 0.1) is 5.92 Å². The van der Waals surface area contributed by atoms with Crippen molar-refractivity contribution in [2.45, 2.75) is 77.2 Å². The van der Waals surface area contributed by atoms with E-state index in [1.54, 1.807) is 0 Å². The number of rotatable bonds is 5. The van der Waals surface area contributed by atoms with Crippen molar-refractivity contribution in [1.29, 1.82) is 0 Å². The summed E-state index contributed by atoms with van der Waals surface area (Å²) in [5, 5.41) is 3.24. The third-order valence-corrected chi connectivity index (χ3v) is 4.52.